The van der Waals surface area contributed by atoms with Gasteiger partial charge in [0.05, 0.1) is 18.2 Å². The van der Waals surface area contributed by atoms with Gasteiger partial charge in [-0.1, -0.05) is 18.2 Å². The minimum atomic E-state index is 0.0205. The maximum Gasteiger partial charge on any atom is 0.254 e. The van der Waals surface area contributed by atoms with Crippen LogP contribution >= 0.6 is 0 Å². The van der Waals surface area contributed by atoms with Gasteiger partial charge in [-0.2, -0.15) is 0 Å². The summed E-state index contributed by atoms with van der Waals surface area (Å²) in [5, 5.41) is 0. The van der Waals surface area contributed by atoms with Crippen molar-refractivity contribution < 1.29 is 4.42 Å². The molecule has 1 aliphatic carbocycles. The Morgan fingerprint density at radius 2 is 2.00 bits per heavy atom. The molecule has 1 N–H and O–H groups in total. The van der Waals surface area contributed by atoms with Crippen LogP contribution in [-0.4, -0.2) is 21.9 Å². The number of furan rings is 1. The van der Waals surface area contributed by atoms with Gasteiger partial charge in [0.25, 0.3) is 5.56 Å². The zero-order valence-corrected chi connectivity index (χ0v) is 15.0. The predicted octanol–water partition coefficient (Wildman–Crippen LogP) is 3.54. The number of nitrogens with one attached hydrogen (secondary N) is 1. The van der Waals surface area contributed by atoms with Gasteiger partial charge in [-0.15, -0.1) is 0 Å². The number of rotatable bonds is 5. The number of aromatic nitrogens is 2. The molecule has 5 nitrogen and oxygen atoms in total. The number of nitrogens with zero attached hydrogens (tertiary/aromatic N) is 2. The minimum absolute atomic E-state index is 0.0205. The zero-order valence-electron chi connectivity index (χ0n) is 15.0. The highest BCUT2D eigenvalue weighted by atomic mass is 16.3. The van der Waals surface area contributed by atoms with Crippen LogP contribution in [0.4, 0.5) is 0 Å². The average Bonchev–Trinajstić information content (AvgIpc) is 3.15. The largest absolute Gasteiger partial charge is 0.472 e. The van der Waals surface area contributed by atoms with Crippen molar-refractivity contribution in [1.82, 2.24) is 14.9 Å². The minimum Gasteiger partial charge on any atom is -0.472 e. The number of fused-ring (bicyclic) bond motifs is 1. The summed E-state index contributed by atoms with van der Waals surface area (Å²) in [5.41, 5.74) is 5.17. The highest BCUT2D eigenvalue weighted by Gasteiger charge is 2.16. The first kappa shape index (κ1) is 16.8. The van der Waals surface area contributed by atoms with E-state index in [2.05, 4.69) is 29.1 Å². The molecule has 3 aromatic rings. The van der Waals surface area contributed by atoms with E-state index in [0.717, 1.165) is 61.2 Å². The van der Waals surface area contributed by atoms with Crippen molar-refractivity contribution in [3.63, 3.8) is 0 Å². The van der Waals surface area contributed by atoms with E-state index in [1.807, 2.05) is 18.2 Å². The van der Waals surface area contributed by atoms with Crippen LogP contribution in [0.1, 0.15) is 35.2 Å². The molecular weight excluding hydrogens is 326 g/mol. The first-order valence-electron chi connectivity index (χ1n) is 9.10. The summed E-state index contributed by atoms with van der Waals surface area (Å²) in [6.45, 7) is 1.64. The third-order valence-electron chi connectivity index (χ3n) is 4.88. The lowest BCUT2D eigenvalue weighted by molar-refractivity contribution is 0.318. The van der Waals surface area contributed by atoms with Gasteiger partial charge in [-0.3, -0.25) is 9.69 Å². The fourth-order valence-electron chi connectivity index (χ4n) is 3.62. The number of H-pyrrole nitrogens is 1. The zero-order chi connectivity index (χ0) is 17.9. The van der Waals surface area contributed by atoms with Gasteiger partial charge < -0.3 is 9.40 Å². The Morgan fingerprint density at radius 1 is 1.15 bits per heavy atom. The lowest BCUT2D eigenvalue weighted by Crippen LogP contribution is -2.21. The maximum atomic E-state index is 12.4. The Labute approximate surface area is 152 Å². The molecule has 0 fully saturated rings. The van der Waals surface area contributed by atoms with Crippen molar-refractivity contribution >= 4 is 0 Å². The summed E-state index contributed by atoms with van der Waals surface area (Å²) in [7, 11) is 2.08. The van der Waals surface area contributed by atoms with Crippen molar-refractivity contribution in [2.24, 2.45) is 0 Å². The second-order valence-corrected chi connectivity index (χ2v) is 7.05. The molecule has 1 aliphatic rings. The lowest BCUT2D eigenvalue weighted by atomic mass is 9.97. The van der Waals surface area contributed by atoms with E-state index in [1.54, 1.807) is 12.5 Å². The SMILES string of the molecule is CN(Cc1ccoc1)Cc1cccc(-c2nc3c(c(=O)[nH]2)CCCC3)c1. The number of aryl methyl sites for hydroxylation is 1. The van der Waals surface area contributed by atoms with Gasteiger partial charge in [-0.05, 0) is 50.4 Å². The summed E-state index contributed by atoms with van der Waals surface area (Å²) in [4.78, 5) is 22.3. The highest BCUT2D eigenvalue weighted by molar-refractivity contribution is 5.56. The fraction of sp³-hybridized carbons (Fsp3) is 0.333. The van der Waals surface area contributed by atoms with Crippen LogP contribution in [-0.2, 0) is 25.9 Å². The monoisotopic (exact) mass is 349 g/mol. The standard InChI is InChI=1S/C21H23N3O2/c1-24(13-16-9-10-26-14-16)12-15-5-4-6-17(11-15)20-22-19-8-3-2-7-18(19)21(25)23-20/h4-6,9-11,14H,2-3,7-8,12-13H2,1H3,(H,22,23,25). The van der Waals surface area contributed by atoms with E-state index >= 15 is 0 Å². The van der Waals surface area contributed by atoms with Crippen LogP contribution in [0.2, 0.25) is 0 Å². The van der Waals surface area contributed by atoms with Crippen LogP contribution in [0.5, 0.6) is 0 Å². The Bertz CT molecular complexity index is 944. The molecular formula is C21H23N3O2. The second-order valence-electron chi connectivity index (χ2n) is 7.05. The Morgan fingerprint density at radius 3 is 2.85 bits per heavy atom. The molecule has 5 heteroatoms. The Hall–Kier alpha value is -2.66. The first-order valence-corrected chi connectivity index (χ1v) is 9.10. The van der Waals surface area contributed by atoms with Crippen LogP contribution in [0.3, 0.4) is 0 Å². The van der Waals surface area contributed by atoms with Crippen molar-refractivity contribution in [3.8, 4) is 11.4 Å². The summed E-state index contributed by atoms with van der Waals surface area (Å²) in [6.07, 6.45) is 7.41. The molecule has 0 spiro atoms. The molecule has 26 heavy (non-hydrogen) atoms. The smallest absolute Gasteiger partial charge is 0.254 e. The third kappa shape index (κ3) is 3.63. The van der Waals surface area contributed by atoms with Crippen molar-refractivity contribution in [2.45, 2.75) is 38.8 Å². The van der Waals surface area contributed by atoms with Gasteiger partial charge in [0.2, 0.25) is 0 Å². The van der Waals surface area contributed by atoms with E-state index in [1.165, 1.54) is 5.56 Å². The van der Waals surface area contributed by atoms with Crippen molar-refractivity contribution in [1.29, 1.82) is 0 Å². The molecule has 134 valence electrons. The van der Waals surface area contributed by atoms with Crippen LogP contribution < -0.4 is 5.56 Å². The predicted molar refractivity (Wildman–Crippen MR) is 101 cm³/mol. The summed E-state index contributed by atoms with van der Waals surface area (Å²) < 4.78 is 5.13. The molecule has 0 amide bonds. The number of benzene rings is 1. The molecule has 0 bridgehead atoms. The van der Waals surface area contributed by atoms with Crippen LogP contribution in [0, 0.1) is 0 Å². The second kappa shape index (κ2) is 7.30. The summed E-state index contributed by atoms with van der Waals surface area (Å²) >= 11 is 0. The molecule has 0 atom stereocenters. The molecule has 0 radical (unpaired) electrons. The first-order chi connectivity index (χ1) is 12.7. The third-order valence-corrected chi connectivity index (χ3v) is 4.88. The van der Waals surface area contributed by atoms with E-state index < -0.39 is 0 Å². The number of hydrogen-bond acceptors (Lipinski definition) is 4. The number of hydrogen-bond donors (Lipinski definition) is 1. The quantitative estimate of drug-likeness (QED) is 0.765. The number of aromatic amines is 1. The molecule has 0 saturated heterocycles. The van der Waals surface area contributed by atoms with Crippen LogP contribution in [0.15, 0.2) is 52.1 Å². The fourth-order valence-corrected chi connectivity index (χ4v) is 3.62. The van der Waals surface area contributed by atoms with Gasteiger partial charge in [0.1, 0.15) is 5.82 Å². The highest BCUT2D eigenvalue weighted by Crippen LogP contribution is 2.21. The molecule has 0 unspecified atom stereocenters. The van der Waals surface area contributed by atoms with Gasteiger partial charge in [0, 0.05) is 29.8 Å². The van der Waals surface area contributed by atoms with E-state index in [9.17, 15) is 4.79 Å². The summed E-state index contributed by atoms with van der Waals surface area (Å²) in [6, 6.07) is 10.2. The average molecular weight is 349 g/mol. The Kier molecular flexibility index (Phi) is 4.71. The molecule has 4 rings (SSSR count). The molecule has 0 aliphatic heterocycles. The van der Waals surface area contributed by atoms with Gasteiger partial charge in [-0.25, -0.2) is 4.98 Å². The maximum absolute atomic E-state index is 12.4. The van der Waals surface area contributed by atoms with Gasteiger partial charge in [0.15, 0.2) is 0 Å². The van der Waals surface area contributed by atoms with Crippen molar-refractivity contribution in [2.75, 3.05) is 7.05 Å². The van der Waals surface area contributed by atoms with E-state index in [-0.39, 0.29) is 5.56 Å². The van der Waals surface area contributed by atoms with Crippen molar-refractivity contribution in [3.05, 3.63) is 75.6 Å². The molecule has 0 saturated carbocycles. The molecule has 2 aromatic heterocycles. The topological polar surface area (TPSA) is 62.1 Å². The van der Waals surface area contributed by atoms with Crippen LogP contribution in [0.25, 0.3) is 11.4 Å². The van der Waals surface area contributed by atoms with Gasteiger partial charge >= 0.3 is 0 Å². The molecule has 2 heterocycles. The molecule has 1 aromatic carbocycles. The summed E-state index contributed by atoms with van der Waals surface area (Å²) in [5.74, 6) is 0.676. The van der Waals surface area contributed by atoms with E-state index in [0.29, 0.717) is 5.82 Å². The normalized spacial score (nSPS) is 13.8. The van der Waals surface area contributed by atoms with E-state index in [4.69, 9.17) is 9.40 Å². The lowest BCUT2D eigenvalue weighted by Gasteiger charge is -2.17. The Balaban J connectivity index is 1.56.